The Hall–Kier alpha value is -4.30. The molecule has 176 valence electrons. The van der Waals surface area contributed by atoms with Crippen molar-refractivity contribution in [3.05, 3.63) is 103 Å². The Morgan fingerprint density at radius 1 is 0.912 bits per heavy atom. The second-order valence-corrected chi connectivity index (χ2v) is 7.33. The number of phenolic OH excluding ortho intramolecular Hbond substituents is 1. The summed E-state index contributed by atoms with van der Waals surface area (Å²) in [5.41, 5.74) is 2.74. The molecule has 0 radical (unpaired) electrons. The number of carbonyl (C=O) groups excluding carboxylic acids is 2. The number of ether oxygens (including phenoxy) is 2. The van der Waals surface area contributed by atoms with Gasteiger partial charge in [-0.1, -0.05) is 54.6 Å². The summed E-state index contributed by atoms with van der Waals surface area (Å²) in [4.78, 5) is 24.0. The molecule has 0 fully saturated rings. The van der Waals surface area contributed by atoms with Crippen LogP contribution in [-0.2, 0) is 9.53 Å². The van der Waals surface area contributed by atoms with E-state index in [9.17, 15) is 14.7 Å². The van der Waals surface area contributed by atoms with Crippen LogP contribution in [0.4, 0.5) is 10.5 Å². The van der Waals surface area contributed by atoms with E-state index in [1.807, 2.05) is 24.3 Å². The van der Waals surface area contributed by atoms with Crippen molar-refractivity contribution in [3.8, 4) is 11.5 Å². The zero-order chi connectivity index (χ0) is 24.2. The topological polar surface area (TPSA) is 117 Å². The molecule has 0 aromatic heterocycles. The number of nitrogens with one attached hydrogen (secondary N) is 2. The number of aromatic hydroxyl groups is 1. The fraction of sp³-hybridized carbons (Fsp3) is 0.154. The first-order valence-corrected chi connectivity index (χ1v) is 10.7. The molecule has 3 rings (SSSR count). The third-order valence-corrected chi connectivity index (χ3v) is 4.84. The van der Waals surface area contributed by atoms with Crippen molar-refractivity contribution in [2.45, 2.75) is 25.0 Å². The smallest absolute Gasteiger partial charge is 0.412 e. The summed E-state index contributed by atoms with van der Waals surface area (Å²) >= 11 is 0. The maximum atomic E-state index is 12.7. The minimum Gasteiger partial charge on any atom is -0.508 e. The minimum absolute atomic E-state index is 0.0784. The Kier molecular flexibility index (Phi) is 9.07. The number of hydrogen-bond acceptors (Lipinski definition) is 6. The van der Waals surface area contributed by atoms with Gasteiger partial charge in [-0.15, -0.1) is 0 Å². The summed E-state index contributed by atoms with van der Waals surface area (Å²) < 4.78 is 12.0. The summed E-state index contributed by atoms with van der Waals surface area (Å²) in [6, 6.07) is 24.3. The van der Waals surface area contributed by atoms with Crippen molar-refractivity contribution in [2.75, 3.05) is 5.32 Å². The second kappa shape index (κ2) is 12.7. The lowest BCUT2D eigenvalue weighted by Crippen LogP contribution is -2.31. The lowest BCUT2D eigenvalue weighted by Gasteiger charge is -2.28. The largest absolute Gasteiger partial charge is 0.508 e. The Bertz CT molecular complexity index is 1070. The van der Waals surface area contributed by atoms with Gasteiger partial charge in [-0.05, 0) is 54.8 Å². The average molecular weight is 463 g/mol. The summed E-state index contributed by atoms with van der Waals surface area (Å²) in [6.45, 7) is 0. The van der Waals surface area contributed by atoms with E-state index >= 15 is 0 Å². The van der Waals surface area contributed by atoms with Gasteiger partial charge in [0.2, 0.25) is 0 Å². The van der Waals surface area contributed by atoms with Crippen LogP contribution < -0.4 is 15.5 Å². The molecule has 2 atom stereocenters. The Balaban J connectivity index is 1.85. The van der Waals surface area contributed by atoms with Crippen LogP contribution in [0, 0.1) is 0 Å². The highest BCUT2D eigenvalue weighted by Crippen LogP contribution is 2.30. The number of benzene rings is 3. The van der Waals surface area contributed by atoms with Crippen LogP contribution in [0.5, 0.6) is 11.5 Å². The molecule has 3 aromatic rings. The molecule has 0 saturated heterocycles. The van der Waals surface area contributed by atoms with Crippen molar-refractivity contribution in [1.29, 1.82) is 0 Å². The molecule has 34 heavy (non-hydrogen) atoms. The lowest BCUT2D eigenvalue weighted by molar-refractivity contribution is -0.124. The summed E-state index contributed by atoms with van der Waals surface area (Å²) in [5, 5.41) is 21.1. The molecule has 3 aromatic carbocycles. The van der Waals surface area contributed by atoms with Crippen LogP contribution >= 0.6 is 0 Å². The van der Waals surface area contributed by atoms with Gasteiger partial charge < -0.3 is 14.6 Å². The van der Waals surface area contributed by atoms with Gasteiger partial charge in [-0.25, -0.2) is 10.3 Å². The Labute approximate surface area is 197 Å². The molecule has 0 spiro atoms. The number of para-hydroxylation sites is 2. The van der Waals surface area contributed by atoms with Crippen LogP contribution in [0.3, 0.4) is 0 Å². The maximum absolute atomic E-state index is 12.7. The molecule has 2 amide bonds. The molecule has 8 heteroatoms. The predicted molar refractivity (Wildman–Crippen MR) is 127 cm³/mol. The van der Waals surface area contributed by atoms with E-state index in [1.54, 1.807) is 54.6 Å². The van der Waals surface area contributed by atoms with Crippen LogP contribution in [0.25, 0.3) is 0 Å². The van der Waals surface area contributed by atoms with E-state index in [0.29, 0.717) is 29.8 Å². The van der Waals surface area contributed by atoms with E-state index in [2.05, 4.69) is 5.32 Å². The first-order chi connectivity index (χ1) is 16.5. The first kappa shape index (κ1) is 24.3. The molecule has 0 bridgehead atoms. The van der Waals surface area contributed by atoms with Crippen molar-refractivity contribution in [3.63, 3.8) is 0 Å². The molecule has 0 heterocycles. The van der Waals surface area contributed by atoms with Crippen LogP contribution in [0.15, 0.2) is 97.1 Å². The van der Waals surface area contributed by atoms with Gasteiger partial charge in [0.25, 0.3) is 5.91 Å². The normalized spacial score (nSPS) is 12.5. The monoisotopic (exact) mass is 462 g/mol. The van der Waals surface area contributed by atoms with Crippen LogP contribution in [0.2, 0.25) is 0 Å². The third-order valence-electron chi connectivity index (χ3n) is 4.84. The quantitative estimate of drug-likeness (QED) is 0.192. The van der Waals surface area contributed by atoms with Gasteiger partial charge in [0, 0.05) is 11.8 Å². The fourth-order valence-electron chi connectivity index (χ4n) is 3.24. The molecule has 0 aliphatic heterocycles. The van der Waals surface area contributed by atoms with E-state index < -0.39 is 24.2 Å². The Morgan fingerprint density at radius 3 is 2.21 bits per heavy atom. The summed E-state index contributed by atoms with van der Waals surface area (Å²) in [6.07, 6.45) is 1.46. The van der Waals surface area contributed by atoms with Gasteiger partial charge in [-0.3, -0.25) is 15.3 Å². The van der Waals surface area contributed by atoms with Gasteiger partial charge in [-0.2, -0.15) is 0 Å². The number of amides is 2. The molecule has 0 aliphatic rings. The van der Waals surface area contributed by atoms with Crippen molar-refractivity contribution < 1.29 is 29.4 Å². The Morgan fingerprint density at radius 2 is 1.56 bits per heavy atom. The highest BCUT2D eigenvalue weighted by molar-refractivity contribution is 5.86. The molecule has 0 aliphatic carbocycles. The van der Waals surface area contributed by atoms with Crippen molar-refractivity contribution >= 4 is 17.7 Å². The van der Waals surface area contributed by atoms with Crippen molar-refractivity contribution in [1.82, 2.24) is 5.48 Å². The lowest BCUT2D eigenvalue weighted by atomic mass is 10.00. The standard InChI is InChI=1S/C26H26N2O6/c29-21-17-15-19(16-18-21)25(34-26(31)27-20-9-3-1-4-10-20)23(13-7-8-14-24(30)28-32)33-22-11-5-2-6-12-22/h1-6,8-12,14-18,23,25,29,32H,7,13H2,(H,27,31)(H,28,30)/b14-8+/t23-,25-/m1/s1. The molecular formula is C26H26N2O6. The van der Waals surface area contributed by atoms with Crippen LogP contribution in [-0.4, -0.2) is 28.4 Å². The number of hydroxylamine groups is 1. The fourth-order valence-corrected chi connectivity index (χ4v) is 3.24. The number of phenols is 1. The first-order valence-electron chi connectivity index (χ1n) is 10.7. The second-order valence-electron chi connectivity index (χ2n) is 7.33. The molecular weight excluding hydrogens is 436 g/mol. The summed E-state index contributed by atoms with van der Waals surface area (Å²) in [7, 11) is 0. The highest BCUT2D eigenvalue weighted by Gasteiger charge is 2.29. The third kappa shape index (κ3) is 7.68. The molecule has 4 N–H and O–H groups in total. The number of anilines is 1. The van der Waals surface area contributed by atoms with Gasteiger partial charge in [0.05, 0.1) is 0 Å². The molecule has 8 nitrogen and oxygen atoms in total. The zero-order valence-corrected chi connectivity index (χ0v) is 18.3. The van der Waals surface area contributed by atoms with E-state index in [1.165, 1.54) is 23.7 Å². The highest BCUT2D eigenvalue weighted by atomic mass is 16.6. The predicted octanol–water partition coefficient (Wildman–Crippen LogP) is 4.97. The number of rotatable bonds is 10. The summed E-state index contributed by atoms with van der Waals surface area (Å²) in [5.74, 6) is 0.0178. The van der Waals surface area contributed by atoms with Gasteiger partial charge in [0.15, 0.2) is 6.10 Å². The number of allylic oxidation sites excluding steroid dienone is 1. The van der Waals surface area contributed by atoms with Gasteiger partial charge in [0.1, 0.15) is 17.6 Å². The van der Waals surface area contributed by atoms with Crippen LogP contribution in [0.1, 0.15) is 24.5 Å². The van der Waals surface area contributed by atoms with E-state index in [-0.39, 0.29) is 5.75 Å². The minimum atomic E-state index is -0.829. The number of hydrogen-bond donors (Lipinski definition) is 4. The molecule has 0 unspecified atom stereocenters. The van der Waals surface area contributed by atoms with Crippen molar-refractivity contribution in [2.24, 2.45) is 0 Å². The molecule has 0 saturated carbocycles. The van der Waals surface area contributed by atoms with Gasteiger partial charge >= 0.3 is 6.09 Å². The van der Waals surface area contributed by atoms with E-state index in [0.717, 1.165) is 0 Å². The zero-order valence-electron chi connectivity index (χ0n) is 18.3. The maximum Gasteiger partial charge on any atom is 0.412 e. The SMILES string of the molecule is O=C(/C=C/CC[C@@H](Oc1ccccc1)[C@H](OC(=O)Nc1ccccc1)c1ccc(O)cc1)NO. The average Bonchev–Trinajstić information content (AvgIpc) is 2.86. The number of carbonyl (C=O) groups is 2. The van der Waals surface area contributed by atoms with E-state index in [4.69, 9.17) is 14.7 Å².